The van der Waals surface area contributed by atoms with Crippen LogP contribution in [0, 0.1) is 41.5 Å². The molecule has 1 aliphatic heterocycles. The molecular weight excluding hydrogens is 399 g/mol. The summed E-state index contributed by atoms with van der Waals surface area (Å²) >= 11 is 19.5. The molecule has 3 rings (SSSR count). The van der Waals surface area contributed by atoms with Gasteiger partial charge in [-0.05, 0) is 63.8 Å². The van der Waals surface area contributed by atoms with Crippen molar-refractivity contribution in [1.29, 1.82) is 0 Å². The van der Waals surface area contributed by atoms with Gasteiger partial charge in [0.2, 0.25) is 0 Å². The zero-order valence-electron chi connectivity index (χ0n) is 16.8. The van der Waals surface area contributed by atoms with Crippen molar-refractivity contribution in [2.24, 2.45) is 0 Å². The van der Waals surface area contributed by atoms with Crippen molar-refractivity contribution in [3.05, 3.63) is 57.6 Å². The lowest BCUT2D eigenvalue weighted by molar-refractivity contribution is -0.430. The molecule has 5 heteroatoms. The summed E-state index contributed by atoms with van der Waals surface area (Å²) in [5.41, 5.74) is 9.52. The third kappa shape index (κ3) is 3.85. The van der Waals surface area contributed by atoms with Gasteiger partial charge < -0.3 is 0 Å². The number of amidine groups is 1. The summed E-state index contributed by atoms with van der Waals surface area (Å²) in [6.07, 6.45) is 0. The molecular formula is C22H26Cl3N2+. The van der Waals surface area contributed by atoms with Crippen molar-refractivity contribution >= 4 is 52.0 Å². The normalized spacial score (nSPS) is 15.1. The number of rotatable bonds is 2. The fourth-order valence-corrected chi connectivity index (χ4v) is 5.11. The molecule has 2 aromatic rings. The minimum absolute atomic E-state index is 0.706. The SMILES string of the molecule is Cc1cc(C)c(N2CC[N+](c3c(C)cc(C)cc3C)=C2C(Cl)(Cl)Cl)c(C)c1. The molecule has 1 heterocycles. The molecule has 2 nitrogen and oxygen atoms in total. The highest BCUT2D eigenvalue weighted by Gasteiger charge is 2.48. The van der Waals surface area contributed by atoms with Crippen LogP contribution in [-0.2, 0) is 0 Å². The number of hydrogen-bond donors (Lipinski definition) is 0. The van der Waals surface area contributed by atoms with E-state index in [4.69, 9.17) is 34.8 Å². The van der Waals surface area contributed by atoms with Gasteiger partial charge in [0.25, 0.3) is 3.79 Å². The monoisotopic (exact) mass is 423 g/mol. The highest BCUT2D eigenvalue weighted by Crippen LogP contribution is 2.39. The summed E-state index contributed by atoms with van der Waals surface area (Å²) in [5.74, 6) is 0.706. The van der Waals surface area contributed by atoms with Gasteiger partial charge in [-0.25, -0.2) is 9.48 Å². The topological polar surface area (TPSA) is 6.25 Å². The molecule has 0 bridgehead atoms. The zero-order valence-corrected chi connectivity index (χ0v) is 19.0. The Morgan fingerprint density at radius 1 is 0.778 bits per heavy atom. The molecule has 1 aliphatic rings. The van der Waals surface area contributed by atoms with Crippen LogP contribution in [0.1, 0.15) is 33.4 Å². The van der Waals surface area contributed by atoms with Gasteiger partial charge in [-0.2, -0.15) is 0 Å². The number of halogens is 3. The van der Waals surface area contributed by atoms with Crippen LogP contribution in [0.15, 0.2) is 24.3 Å². The molecule has 0 amide bonds. The molecule has 0 aromatic heterocycles. The first-order valence-corrected chi connectivity index (χ1v) is 10.3. The quantitative estimate of drug-likeness (QED) is 0.395. The van der Waals surface area contributed by atoms with Crippen molar-refractivity contribution in [3.8, 4) is 0 Å². The summed E-state index contributed by atoms with van der Waals surface area (Å²) in [7, 11) is 0. The largest absolute Gasteiger partial charge is 0.310 e. The molecule has 2 aromatic carbocycles. The minimum Gasteiger partial charge on any atom is -0.223 e. The van der Waals surface area contributed by atoms with Crippen molar-refractivity contribution < 1.29 is 4.58 Å². The molecule has 0 unspecified atom stereocenters. The predicted octanol–water partition coefficient (Wildman–Crippen LogP) is 6.47. The maximum Gasteiger partial charge on any atom is 0.310 e. The van der Waals surface area contributed by atoms with E-state index in [1.807, 2.05) is 0 Å². The standard InChI is InChI=1S/C22H26Cl3N2/c1-13-9-15(3)19(16(4)10-13)26-7-8-27(21(26)22(23,24)25)20-17(5)11-14(2)12-18(20)6/h9-12H,7-8H2,1-6H3/q+1. The highest BCUT2D eigenvalue weighted by molar-refractivity contribution is 6.77. The van der Waals surface area contributed by atoms with Gasteiger partial charge in [0, 0.05) is 0 Å². The second-order valence-electron chi connectivity index (χ2n) is 7.62. The number of aryl methyl sites for hydroxylation is 6. The number of anilines is 1. The number of alkyl halides is 3. The van der Waals surface area contributed by atoms with Crippen molar-refractivity contribution in [2.45, 2.75) is 45.3 Å². The summed E-state index contributed by atoms with van der Waals surface area (Å²) < 4.78 is 0.653. The maximum absolute atomic E-state index is 6.51. The lowest BCUT2D eigenvalue weighted by Crippen LogP contribution is -2.39. The first-order chi connectivity index (χ1) is 12.5. The van der Waals surface area contributed by atoms with Gasteiger partial charge in [-0.1, -0.05) is 70.2 Å². The molecule has 27 heavy (non-hydrogen) atoms. The number of benzene rings is 2. The maximum atomic E-state index is 6.51. The smallest absolute Gasteiger partial charge is 0.223 e. The number of nitrogens with zero attached hydrogens (tertiary/aromatic N) is 2. The van der Waals surface area contributed by atoms with E-state index in [1.165, 1.54) is 33.4 Å². The molecule has 0 saturated heterocycles. The summed E-state index contributed by atoms with van der Waals surface area (Å²) in [6, 6.07) is 8.74. The second kappa shape index (κ2) is 7.31. The van der Waals surface area contributed by atoms with E-state index in [1.54, 1.807) is 0 Å². The molecule has 0 saturated carbocycles. The first-order valence-electron chi connectivity index (χ1n) is 9.15. The van der Waals surface area contributed by atoms with Crippen LogP contribution in [-0.4, -0.2) is 27.3 Å². The average molecular weight is 425 g/mol. The third-order valence-electron chi connectivity index (χ3n) is 5.12. The van der Waals surface area contributed by atoms with E-state index in [0.29, 0.717) is 5.84 Å². The van der Waals surface area contributed by atoms with Gasteiger partial charge >= 0.3 is 5.84 Å². The van der Waals surface area contributed by atoms with Gasteiger partial charge in [0.15, 0.2) is 0 Å². The Labute approximate surface area is 177 Å². The van der Waals surface area contributed by atoms with Gasteiger partial charge in [0.1, 0.15) is 24.5 Å². The Hall–Kier alpha value is -1.22. The zero-order chi connectivity index (χ0) is 20.1. The Balaban J connectivity index is 2.27. The Morgan fingerprint density at radius 3 is 1.67 bits per heavy atom. The molecule has 0 radical (unpaired) electrons. The molecule has 144 valence electrons. The van der Waals surface area contributed by atoms with Gasteiger partial charge in [0.05, 0.1) is 0 Å². The van der Waals surface area contributed by atoms with Gasteiger partial charge in [-0.15, -0.1) is 0 Å². The van der Waals surface area contributed by atoms with Crippen LogP contribution in [0.5, 0.6) is 0 Å². The lowest BCUT2D eigenvalue weighted by Gasteiger charge is -2.22. The van der Waals surface area contributed by atoms with E-state index < -0.39 is 3.79 Å². The van der Waals surface area contributed by atoms with Gasteiger partial charge in [-0.3, -0.25) is 0 Å². The minimum atomic E-state index is -1.52. The van der Waals surface area contributed by atoms with Crippen LogP contribution >= 0.6 is 34.8 Å². The number of hydrogen-bond acceptors (Lipinski definition) is 1. The van der Waals surface area contributed by atoms with E-state index >= 15 is 0 Å². The van der Waals surface area contributed by atoms with Crippen LogP contribution in [0.3, 0.4) is 0 Å². The summed E-state index contributed by atoms with van der Waals surface area (Å²) in [4.78, 5) is 2.18. The van der Waals surface area contributed by atoms with Crippen molar-refractivity contribution in [1.82, 2.24) is 0 Å². The van der Waals surface area contributed by atoms with Crippen LogP contribution < -0.4 is 4.90 Å². The summed E-state index contributed by atoms with van der Waals surface area (Å²) in [5, 5.41) is 0. The van der Waals surface area contributed by atoms with E-state index in [2.05, 4.69) is 75.3 Å². The summed E-state index contributed by atoms with van der Waals surface area (Å²) in [6.45, 7) is 14.3. The van der Waals surface area contributed by atoms with Crippen LogP contribution in [0.25, 0.3) is 0 Å². The highest BCUT2D eigenvalue weighted by atomic mass is 35.6. The third-order valence-corrected chi connectivity index (χ3v) is 5.63. The van der Waals surface area contributed by atoms with Crippen LogP contribution in [0.2, 0.25) is 0 Å². The fraction of sp³-hybridized carbons (Fsp3) is 0.409. The van der Waals surface area contributed by atoms with Crippen molar-refractivity contribution in [2.75, 3.05) is 18.0 Å². The molecule has 0 fully saturated rings. The molecule has 0 atom stereocenters. The second-order valence-corrected chi connectivity index (χ2v) is 9.90. The molecule has 0 spiro atoms. The average Bonchev–Trinajstić information content (AvgIpc) is 2.89. The molecule has 0 aliphatic carbocycles. The first kappa shape index (κ1) is 20.5. The Kier molecular flexibility index (Phi) is 5.55. The Bertz CT molecular complexity index is 893. The fourth-order valence-electron chi connectivity index (χ4n) is 4.50. The lowest BCUT2D eigenvalue weighted by atomic mass is 10.0. The van der Waals surface area contributed by atoms with E-state index in [9.17, 15) is 0 Å². The Morgan fingerprint density at radius 2 is 1.22 bits per heavy atom. The van der Waals surface area contributed by atoms with Crippen LogP contribution in [0.4, 0.5) is 11.4 Å². The van der Waals surface area contributed by atoms with E-state index in [-0.39, 0.29) is 0 Å². The van der Waals surface area contributed by atoms with Crippen molar-refractivity contribution in [3.63, 3.8) is 0 Å². The predicted molar refractivity (Wildman–Crippen MR) is 119 cm³/mol. The van der Waals surface area contributed by atoms with E-state index in [0.717, 1.165) is 24.5 Å². The molecule has 0 N–H and O–H groups in total.